The molecule has 0 aliphatic heterocycles. The Hall–Kier alpha value is -1.24. The lowest BCUT2D eigenvalue weighted by atomic mass is 10.1. The SMILES string of the molecule is COCCS(=O)(=O)c1nc(-c2ccc(C)cc2)cs1. The van der Waals surface area contributed by atoms with Gasteiger partial charge in [0.25, 0.3) is 0 Å². The van der Waals surface area contributed by atoms with Crippen LogP contribution in [0.1, 0.15) is 5.56 Å². The van der Waals surface area contributed by atoms with Gasteiger partial charge in [0.05, 0.1) is 18.1 Å². The van der Waals surface area contributed by atoms with Gasteiger partial charge < -0.3 is 4.74 Å². The number of aryl methyl sites for hydroxylation is 1. The van der Waals surface area contributed by atoms with Crippen molar-refractivity contribution in [3.63, 3.8) is 0 Å². The normalized spacial score (nSPS) is 11.7. The molecule has 102 valence electrons. The quantitative estimate of drug-likeness (QED) is 0.851. The first-order valence-corrected chi connectivity index (χ1v) is 8.30. The molecule has 0 radical (unpaired) electrons. The van der Waals surface area contributed by atoms with Gasteiger partial charge in [-0.25, -0.2) is 13.4 Å². The molecule has 4 nitrogen and oxygen atoms in total. The Morgan fingerprint density at radius 2 is 1.95 bits per heavy atom. The minimum Gasteiger partial charge on any atom is -0.384 e. The predicted molar refractivity (Wildman–Crippen MR) is 76.2 cm³/mol. The number of hydrogen-bond donors (Lipinski definition) is 0. The van der Waals surface area contributed by atoms with Crippen LogP contribution in [-0.2, 0) is 14.6 Å². The van der Waals surface area contributed by atoms with E-state index in [0.717, 1.165) is 22.5 Å². The maximum atomic E-state index is 12.0. The van der Waals surface area contributed by atoms with Crippen LogP contribution in [0.15, 0.2) is 34.0 Å². The molecule has 0 aliphatic rings. The van der Waals surface area contributed by atoms with Crippen LogP contribution in [0.5, 0.6) is 0 Å². The van der Waals surface area contributed by atoms with Crippen LogP contribution in [0.25, 0.3) is 11.3 Å². The number of ether oxygens (including phenoxy) is 1. The van der Waals surface area contributed by atoms with Crippen molar-refractivity contribution in [2.75, 3.05) is 19.5 Å². The van der Waals surface area contributed by atoms with Crippen molar-refractivity contribution in [1.29, 1.82) is 0 Å². The predicted octanol–water partition coefficient (Wildman–Crippen LogP) is 2.54. The number of thiazole rings is 1. The van der Waals surface area contributed by atoms with Gasteiger partial charge >= 0.3 is 0 Å². The molecule has 2 rings (SSSR count). The lowest BCUT2D eigenvalue weighted by Gasteiger charge is -1.99. The van der Waals surface area contributed by atoms with Crippen LogP contribution >= 0.6 is 11.3 Å². The fraction of sp³-hybridized carbons (Fsp3) is 0.308. The number of aromatic nitrogens is 1. The standard InChI is InChI=1S/C13H15NO3S2/c1-10-3-5-11(6-4-10)12-9-18-13(14-12)19(15,16)8-7-17-2/h3-6,9H,7-8H2,1-2H3. The van der Waals surface area contributed by atoms with Crippen LogP contribution in [0.4, 0.5) is 0 Å². The highest BCUT2D eigenvalue weighted by Crippen LogP contribution is 2.25. The molecule has 6 heteroatoms. The van der Waals surface area contributed by atoms with E-state index < -0.39 is 9.84 Å². The number of sulfone groups is 1. The van der Waals surface area contributed by atoms with Gasteiger partial charge in [0, 0.05) is 18.1 Å². The summed E-state index contributed by atoms with van der Waals surface area (Å²) in [7, 11) is -1.85. The molecule has 1 aromatic heterocycles. The maximum absolute atomic E-state index is 12.0. The summed E-state index contributed by atoms with van der Waals surface area (Å²) in [5.74, 6) is -0.0374. The molecule has 0 atom stereocenters. The minimum atomic E-state index is -3.34. The maximum Gasteiger partial charge on any atom is 0.209 e. The van der Waals surface area contributed by atoms with E-state index in [2.05, 4.69) is 4.98 Å². The third kappa shape index (κ3) is 3.40. The van der Waals surface area contributed by atoms with E-state index in [1.165, 1.54) is 7.11 Å². The number of benzene rings is 1. The van der Waals surface area contributed by atoms with Gasteiger partial charge in [-0.15, -0.1) is 11.3 Å². The molecule has 1 heterocycles. The summed E-state index contributed by atoms with van der Waals surface area (Å²) in [5, 5.41) is 1.77. The van der Waals surface area contributed by atoms with E-state index >= 15 is 0 Å². The van der Waals surface area contributed by atoms with Crippen molar-refractivity contribution in [3.8, 4) is 11.3 Å². The Balaban J connectivity index is 2.26. The Labute approximate surface area is 117 Å². The van der Waals surface area contributed by atoms with Gasteiger partial charge in [-0.3, -0.25) is 0 Å². The first-order valence-electron chi connectivity index (χ1n) is 5.77. The zero-order valence-electron chi connectivity index (χ0n) is 10.8. The lowest BCUT2D eigenvalue weighted by molar-refractivity contribution is 0.217. The second-order valence-corrected chi connectivity index (χ2v) is 7.32. The zero-order chi connectivity index (χ0) is 13.9. The van der Waals surface area contributed by atoms with Crippen LogP contribution in [0.3, 0.4) is 0 Å². The molecule has 0 bridgehead atoms. The van der Waals surface area contributed by atoms with Crippen molar-refractivity contribution in [1.82, 2.24) is 4.98 Å². The van der Waals surface area contributed by atoms with Gasteiger partial charge in [-0.2, -0.15) is 0 Å². The second-order valence-electron chi connectivity index (χ2n) is 4.18. The highest BCUT2D eigenvalue weighted by molar-refractivity contribution is 7.93. The molecule has 0 saturated carbocycles. The van der Waals surface area contributed by atoms with Crippen molar-refractivity contribution in [2.24, 2.45) is 0 Å². The summed E-state index contributed by atoms with van der Waals surface area (Å²) in [6.45, 7) is 2.19. The number of hydrogen-bond acceptors (Lipinski definition) is 5. The summed E-state index contributed by atoms with van der Waals surface area (Å²) in [5.41, 5.74) is 2.78. The molecule has 1 aromatic carbocycles. The molecule has 0 fully saturated rings. The van der Waals surface area contributed by atoms with Crippen LogP contribution in [-0.4, -0.2) is 32.9 Å². The van der Waals surface area contributed by atoms with Gasteiger partial charge in [0.2, 0.25) is 14.2 Å². The summed E-state index contributed by atoms with van der Waals surface area (Å²) >= 11 is 1.15. The van der Waals surface area contributed by atoms with Crippen molar-refractivity contribution in [3.05, 3.63) is 35.2 Å². The van der Waals surface area contributed by atoms with Crippen molar-refractivity contribution in [2.45, 2.75) is 11.3 Å². The topological polar surface area (TPSA) is 56.3 Å². The minimum absolute atomic E-state index is 0.0374. The zero-order valence-corrected chi connectivity index (χ0v) is 12.4. The molecular weight excluding hydrogens is 282 g/mol. The number of rotatable bonds is 5. The average Bonchev–Trinajstić information content (AvgIpc) is 2.88. The molecule has 2 aromatic rings. The molecule has 0 spiro atoms. The smallest absolute Gasteiger partial charge is 0.209 e. The first kappa shape index (κ1) is 14.2. The van der Waals surface area contributed by atoms with Gasteiger partial charge in [-0.1, -0.05) is 29.8 Å². The van der Waals surface area contributed by atoms with E-state index in [-0.39, 0.29) is 16.7 Å². The summed E-state index contributed by atoms with van der Waals surface area (Å²) in [6.07, 6.45) is 0. The molecule has 0 aliphatic carbocycles. The third-order valence-electron chi connectivity index (χ3n) is 2.65. The molecule has 0 amide bonds. The summed E-state index contributed by atoms with van der Waals surface area (Å²) in [6, 6.07) is 7.84. The van der Waals surface area contributed by atoms with E-state index in [9.17, 15) is 8.42 Å². The van der Waals surface area contributed by atoms with Crippen LogP contribution < -0.4 is 0 Å². The number of nitrogens with zero attached hydrogens (tertiary/aromatic N) is 1. The van der Waals surface area contributed by atoms with E-state index in [4.69, 9.17) is 4.74 Å². The van der Waals surface area contributed by atoms with Crippen LogP contribution in [0.2, 0.25) is 0 Å². The Morgan fingerprint density at radius 1 is 1.26 bits per heavy atom. The summed E-state index contributed by atoms with van der Waals surface area (Å²) < 4.78 is 28.9. The Kier molecular flexibility index (Phi) is 4.34. The Morgan fingerprint density at radius 3 is 2.58 bits per heavy atom. The molecule has 0 saturated heterocycles. The Bertz CT molecular complexity index is 645. The van der Waals surface area contributed by atoms with Crippen molar-refractivity contribution < 1.29 is 13.2 Å². The average molecular weight is 297 g/mol. The fourth-order valence-electron chi connectivity index (χ4n) is 1.54. The largest absolute Gasteiger partial charge is 0.384 e. The van der Waals surface area contributed by atoms with Crippen LogP contribution in [0, 0.1) is 6.92 Å². The van der Waals surface area contributed by atoms with Gasteiger partial charge in [0.1, 0.15) is 0 Å². The van der Waals surface area contributed by atoms with Gasteiger partial charge in [0.15, 0.2) is 0 Å². The van der Waals surface area contributed by atoms with E-state index in [0.29, 0.717) is 5.69 Å². The monoisotopic (exact) mass is 297 g/mol. The summed E-state index contributed by atoms with van der Waals surface area (Å²) in [4.78, 5) is 4.21. The van der Waals surface area contributed by atoms with Crippen molar-refractivity contribution >= 4 is 21.2 Å². The third-order valence-corrected chi connectivity index (χ3v) is 5.66. The molecule has 0 N–H and O–H groups in total. The lowest BCUT2D eigenvalue weighted by Crippen LogP contribution is -2.11. The van der Waals surface area contributed by atoms with E-state index in [1.54, 1.807) is 5.38 Å². The highest BCUT2D eigenvalue weighted by Gasteiger charge is 2.19. The second kappa shape index (κ2) is 5.81. The molecular formula is C13H15NO3S2. The van der Waals surface area contributed by atoms with E-state index in [1.807, 2.05) is 31.2 Å². The fourth-order valence-corrected chi connectivity index (χ4v) is 3.87. The van der Waals surface area contributed by atoms with Gasteiger partial charge in [-0.05, 0) is 6.92 Å². The molecule has 19 heavy (non-hydrogen) atoms. The highest BCUT2D eigenvalue weighted by atomic mass is 32.2. The molecule has 0 unspecified atom stereocenters. The number of methoxy groups -OCH3 is 1. The first-order chi connectivity index (χ1) is 9.03.